The Labute approximate surface area is 121 Å². The fourth-order valence-electron chi connectivity index (χ4n) is 3.12. The molecule has 0 saturated carbocycles. The Hall–Kier alpha value is -1.13. The molecule has 0 spiro atoms. The molecule has 0 aliphatic carbocycles. The zero-order valence-electron chi connectivity index (χ0n) is 13.3. The number of carbonyl (C=O) groups is 1. The second-order valence-electron chi connectivity index (χ2n) is 6.60. The summed E-state index contributed by atoms with van der Waals surface area (Å²) in [5, 5.41) is 0. The van der Waals surface area contributed by atoms with E-state index in [0.29, 0.717) is 6.54 Å². The summed E-state index contributed by atoms with van der Waals surface area (Å²) in [5.41, 5.74) is 3.10. The van der Waals surface area contributed by atoms with Crippen molar-refractivity contribution < 1.29 is 9.53 Å². The molecule has 1 aromatic rings. The molecule has 2 rings (SSSR count). The van der Waals surface area contributed by atoms with E-state index in [9.17, 15) is 4.79 Å². The van der Waals surface area contributed by atoms with Crippen molar-refractivity contribution in [2.45, 2.75) is 40.2 Å². The van der Waals surface area contributed by atoms with E-state index in [1.54, 1.807) is 0 Å². The van der Waals surface area contributed by atoms with Crippen LogP contribution in [0, 0.1) is 13.8 Å². The van der Waals surface area contributed by atoms with Crippen LogP contribution in [0.25, 0.3) is 0 Å². The number of aromatic nitrogens is 1. The van der Waals surface area contributed by atoms with Gasteiger partial charge in [0.2, 0.25) is 0 Å². The Bertz CT molecular complexity index is 491. The number of carbonyl (C=O) groups excluding carboxylic acids is 1. The summed E-state index contributed by atoms with van der Waals surface area (Å²) in [6.07, 6.45) is 0. The molecule has 1 aliphatic rings. The minimum Gasteiger partial charge on any atom is -0.379 e. The Balaban J connectivity index is 2.18. The van der Waals surface area contributed by atoms with Gasteiger partial charge in [0.25, 0.3) is 0 Å². The van der Waals surface area contributed by atoms with Gasteiger partial charge < -0.3 is 9.30 Å². The summed E-state index contributed by atoms with van der Waals surface area (Å²) in [4.78, 5) is 14.7. The van der Waals surface area contributed by atoms with Crippen molar-refractivity contribution in [1.29, 1.82) is 0 Å². The first kappa shape index (κ1) is 15.3. The van der Waals surface area contributed by atoms with Gasteiger partial charge in [-0.15, -0.1) is 0 Å². The van der Waals surface area contributed by atoms with Crippen molar-refractivity contribution in [1.82, 2.24) is 9.47 Å². The molecule has 0 bridgehead atoms. The number of nitrogens with zero attached hydrogens (tertiary/aromatic N) is 2. The highest BCUT2D eigenvalue weighted by Gasteiger charge is 2.24. The zero-order chi connectivity index (χ0) is 14.9. The number of morpholine rings is 1. The topological polar surface area (TPSA) is 34.5 Å². The maximum Gasteiger partial charge on any atom is 0.178 e. The van der Waals surface area contributed by atoms with E-state index in [4.69, 9.17) is 4.74 Å². The van der Waals surface area contributed by atoms with E-state index in [2.05, 4.69) is 37.2 Å². The molecule has 1 aliphatic heterocycles. The van der Waals surface area contributed by atoms with Crippen LogP contribution >= 0.6 is 0 Å². The van der Waals surface area contributed by atoms with Gasteiger partial charge in [-0.1, -0.05) is 0 Å². The van der Waals surface area contributed by atoms with Crippen LogP contribution in [0.1, 0.15) is 42.5 Å². The third kappa shape index (κ3) is 3.13. The maximum absolute atomic E-state index is 12.5. The van der Waals surface area contributed by atoms with Gasteiger partial charge in [0.05, 0.1) is 19.8 Å². The predicted molar refractivity (Wildman–Crippen MR) is 80.5 cm³/mol. The first-order valence-electron chi connectivity index (χ1n) is 7.33. The van der Waals surface area contributed by atoms with E-state index in [-0.39, 0.29) is 11.3 Å². The summed E-state index contributed by atoms with van der Waals surface area (Å²) in [6.45, 7) is 14.3. The highest BCUT2D eigenvalue weighted by Crippen LogP contribution is 2.24. The van der Waals surface area contributed by atoms with Crippen LogP contribution in [-0.4, -0.2) is 48.1 Å². The summed E-state index contributed by atoms with van der Waals surface area (Å²) in [5.74, 6) is 0.218. The van der Waals surface area contributed by atoms with Crippen LogP contribution in [-0.2, 0) is 10.3 Å². The molecule has 20 heavy (non-hydrogen) atoms. The van der Waals surface area contributed by atoms with Crippen molar-refractivity contribution in [2.75, 3.05) is 32.8 Å². The van der Waals surface area contributed by atoms with Gasteiger partial charge in [-0.05, 0) is 40.7 Å². The molecule has 0 radical (unpaired) electrons. The van der Waals surface area contributed by atoms with Crippen LogP contribution in [0.15, 0.2) is 6.07 Å². The number of hydrogen-bond donors (Lipinski definition) is 0. The van der Waals surface area contributed by atoms with E-state index < -0.39 is 0 Å². The molecule has 4 heteroatoms. The highest BCUT2D eigenvalue weighted by atomic mass is 16.5. The number of rotatable bonds is 3. The second kappa shape index (κ2) is 5.70. The number of aryl methyl sites for hydroxylation is 1. The second-order valence-corrected chi connectivity index (χ2v) is 6.60. The molecule has 4 nitrogen and oxygen atoms in total. The Morgan fingerprint density at radius 3 is 2.35 bits per heavy atom. The van der Waals surface area contributed by atoms with Crippen LogP contribution in [0.2, 0.25) is 0 Å². The Morgan fingerprint density at radius 2 is 1.85 bits per heavy atom. The Morgan fingerprint density at radius 1 is 1.25 bits per heavy atom. The summed E-state index contributed by atoms with van der Waals surface area (Å²) in [7, 11) is 0. The highest BCUT2D eigenvalue weighted by molar-refractivity contribution is 5.99. The third-order valence-electron chi connectivity index (χ3n) is 3.87. The lowest BCUT2D eigenvalue weighted by Gasteiger charge is -2.27. The van der Waals surface area contributed by atoms with Crippen LogP contribution in [0.4, 0.5) is 0 Å². The zero-order valence-corrected chi connectivity index (χ0v) is 13.3. The molecule has 1 fully saturated rings. The summed E-state index contributed by atoms with van der Waals surface area (Å²) < 4.78 is 7.57. The smallest absolute Gasteiger partial charge is 0.178 e. The standard InChI is InChI=1S/C16H26N2O2/c1-12-10-14(13(2)18(12)16(3,4)5)15(19)11-17-6-8-20-9-7-17/h10H,6-9,11H2,1-5H3. The molecule has 0 aromatic carbocycles. The average Bonchev–Trinajstić information content (AvgIpc) is 2.65. The van der Waals surface area contributed by atoms with E-state index in [1.807, 2.05) is 13.0 Å². The molecule has 1 saturated heterocycles. The van der Waals surface area contributed by atoms with Crippen molar-refractivity contribution in [3.8, 4) is 0 Å². The molecule has 0 atom stereocenters. The lowest BCUT2D eigenvalue weighted by molar-refractivity contribution is 0.0371. The largest absolute Gasteiger partial charge is 0.379 e. The molecular formula is C16H26N2O2. The van der Waals surface area contributed by atoms with Crippen molar-refractivity contribution in [3.05, 3.63) is 23.0 Å². The lowest BCUT2D eigenvalue weighted by Crippen LogP contribution is -2.39. The summed E-state index contributed by atoms with van der Waals surface area (Å²) >= 11 is 0. The molecule has 0 N–H and O–H groups in total. The number of ketones is 1. The van der Waals surface area contributed by atoms with Gasteiger partial charge in [0.15, 0.2) is 5.78 Å². The fourth-order valence-corrected chi connectivity index (χ4v) is 3.12. The SMILES string of the molecule is Cc1cc(C(=O)CN2CCOCC2)c(C)n1C(C)(C)C. The molecule has 112 valence electrons. The van der Waals surface area contributed by atoms with Crippen molar-refractivity contribution in [3.63, 3.8) is 0 Å². The van der Waals surface area contributed by atoms with Crippen molar-refractivity contribution in [2.24, 2.45) is 0 Å². The van der Waals surface area contributed by atoms with Gasteiger partial charge in [-0.3, -0.25) is 9.69 Å². The normalized spacial score (nSPS) is 17.4. The third-order valence-corrected chi connectivity index (χ3v) is 3.87. The minimum atomic E-state index is 0.00562. The van der Waals surface area contributed by atoms with E-state index in [1.165, 1.54) is 0 Å². The maximum atomic E-state index is 12.5. The van der Waals surface area contributed by atoms with Crippen LogP contribution in [0.3, 0.4) is 0 Å². The average molecular weight is 278 g/mol. The number of Topliss-reactive ketones (excluding diaryl/α,β-unsaturated/α-hetero) is 1. The van der Waals surface area contributed by atoms with Gasteiger partial charge in [-0.2, -0.15) is 0 Å². The van der Waals surface area contributed by atoms with Crippen molar-refractivity contribution >= 4 is 5.78 Å². The summed E-state index contributed by atoms with van der Waals surface area (Å²) in [6, 6.07) is 2.03. The Kier molecular flexibility index (Phi) is 4.35. The predicted octanol–water partition coefficient (Wildman–Crippen LogP) is 2.37. The molecule has 1 aromatic heterocycles. The molecule has 0 amide bonds. The lowest BCUT2D eigenvalue weighted by atomic mass is 10.1. The molecular weight excluding hydrogens is 252 g/mol. The number of hydrogen-bond acceptors (Lipinski definition) is 3. The van der Waals surface area contributed by atoms with Gasteiger partial charge in [0.1, 0.15) is 0 Å². The first-order valence-corrected chi connectivity index (χ1v) is 7.33. The van der Waals surface area contributed by atoms with E-state index in [0.717, 1.165) is 43.3 Å². The first-order chi connectivity index (χ1) is 9.30. The van der Waals surface area contributed by atoms with Crippen LogP contribution in [0.5, 0.6) is 0 Å². The quantitative estimate of drug-likeness (QED) is 0.796. The van der Waals surface area contributed by atoms with Crippen LogP contribution < -0.4 is 0 Å². The van der Waals surface area contributed by atoms with E-state index >= 15 is 0 Å². The van der Waals surface area contributed by atoms with Gasteiger partial charge >= 0.3 is 0 Å². The number of ether oxygens (including phenoxy) is 1. The monoisotopic (exact) mass is 278 g/mol. The molecule has 2 heterocycles. The minimum absolute atomic E-state index is 0.00562. The molecule has 0 unspecified atom stereocenters. The van der Waals surface area contributed by atoms with Gasteiger partial charge in [0, 0.05) is 35.6 Å². The fraction of sp³-hybridized carbons (Fsp3) is 0.688. The van der Waals surface area contributed by atoms with Gasteiger partial charge in [-0.25, -0.2) is 0 Å².